The normalized spacial score (nSPS) is 13.5. The van der Waals surface area contributed by atoms with Gasteiger partial charge >= 0.3 is 25.7 Å². The number of hydrogen-bond acceptors (Lipinski definition) is 10. The molecule has 0 aromatic carbocycles. The number of ether oxygens (including phenoxy) is 3. The van der Waals surface area contributed by atoms with Crippen molar-refractivity contribution in [1.29, 1.82) is 0 Å². The molecule has 3 atom stereocenters. The number of carbonyl (C=O) groups excluding carboxylic acids is 3. The molecule has 0 radical (unpaired) electrons. The fourth-order valence-corrected chi connectivity index (χ4v) is 10.8. The van der Waals surface area contributed by atoms with Crippen LogP contribution in [0.2, 0.25) is 0 Å². The Morgan fingerprint density at radius 2 is 0.634 bits per heavy atom. The van der Waals surface area contributed by atoms with Gasteiger partial charge in [-0.3, -0.25) is 23.4 Å². The molecule has 0 aliphatic rings. The van der Waals surface area contributed by atoms with E-state index in [0.717, 1.165) is 89.9 Å². The molecule has 11 nitrogen and oxygen atoms in total. The second-order valence-electron chi connectivity index (χ2n) is 23.3. The molecule has 0 amide bonds. The molecule has 0 aliphatic heterocycles. The summed E-state index contributed by atoms with van der Waals surface area (Å²) in [5, 5.41) is 9.87. The summed E-state index contributed by atoms with van der Waals surface area (Å²) >= 11 is 0. The SMILES string of the molecule is CC/C=C\C/C=C\C/C=C\CCCCCCCCCC(=O)OC(CO)COP(=O)(O)OCC(COC(=O)CCCCCCCCCCCCCCCCCCCCC)OC(=O)CCCCCCCCCCC/C=C\CCCCCCCC. The van der Waals surface area contributed by atoms with E-state index < -0.39 is 57.8 Å². The molecule has 82 heavy (non-hydrogen) atoms. The first-order chi connectivity index (χ1) is 40.2. The molecular formula is C70H129O11P. The Balaban J connectivity index is 4.65. The number of phosphoric ester groups is 1. The average molecular weight is 1180 g/mol. The molecule has 2 N–H and O–H groups in total. The summed E-state index contributed by atoms with van der Waals surface area (Å²) in [7, 11) is -4.76. The molecule has 0 saturated heterocycles. The Labute approximate surface area is 504 Å². The molecule has 0 saturated carbocycles. The summed E-state index contributed by atoms with van der Waals surface area (Å²) in [5.41, 5.74) is 0. The predicted molar refractivity (Wildman–Crippen MR) is 344 cm³/mol. The van der Waals surface area contributed by atoms with Gasteiger partial charge in [-0.2, -0.15) is 0 Å². The quantitative estimate of drug-likeness (QED) is 0.0197. The van der Waals surface area contributed by atoms with Gasteiger partial charge in [0.2, 0.25) is 0 Å². The standard InChI is InChI=1S/C70H129O11P/c1-4-7-10-13-16-19-22-25-28-31-33-36-38-41-44-47-50-53-56-59-68(72)77-63-67(81-70(74)61-58-55-52-49-46-43-40-37-34-32-29-26-23-20-17-14-11-8-5-2)65-79-82(75,76)78-64-66(62-71)80-69(73)60-57-54-51-48-45-42-39-35-30-27-24-21-18-15-12-9-6-3/h9,12,18,21,26-27,29-30,66-67,71H,4-8,10-11,13-17,19-20,22-25,28,31-65H2,1-3H3,(H,75,76)/b12-9-,21-18-,29-26-,30-27-. The second-order valence-corrected chi connectivity index (χ2v) is 24.8. The fraction of sp³-hybridized carbons (Fsp3) is 0.843. The first kappa shape index (κ1) is 79.4. The van der Waals surface area contributed by atoms with Gasteiger partial charge in [0.15, 0.2) is 6.10 Å². The number of carbonyl (C=O) groups is 3. The van der Waals surface area contributed by atoms with E-state index in [4.69, 9.17) is 23.3 Å². The number of aliphatic hydroxyl groups is 1. The maximum atomic E-state index is 13.0. The maximum Gasteiger partial charge on any atom is 0.472 e. The van der Waals surface area contributed by atoms with Crippen LogP contribution >= 0.6 is 7.82 Å². The highest BCUT2D eigenvalue weighted by Gasteiger charge is 2.28. The highest BCUT2D eigenvalue weighted by atomic mass is 31.2. The summed E-state index contributed by atoms with van der Waals surface area (Å²) in [6.45, 7) is 4.60. The molecule has 0 rings (SSSR count). The Hall–Kier alpha value is -2.56. The van der Waals surface area contributed by atoms with Crippen molar-refractivity contribution >= 4 is 25.7 Å². The largest absolute Gasteiger partial charge is 0.472 e. The topological polar surface area (TPSA) is 155 Å². The van der Waals surface area contributed by atoms with E-state index in [1.807, 2.05) is 0 Å². The van der Waals surface area contributed by atoms with Gasteiger partial charge in [-0.1, -0.05) is 294 Å². The van der Waals surface area contributed by atoms with E-state index in [-0.39, 0.29) is 25.9 Å². The van der Waals surface area contributed by atoms with Crippen LogP contribution in [0.5, 0.6) is 0 Å². The van der Waals surface area contributed by atoms with Crippen LogP contribution in [0.3, 0.4) is 0 Å². The van der Waals surface area contributed by atoms with Gasteiger partial charge in [-0.15, -0.1) is 0 Å². The van der Waals surface area contributed by atoms with E-state index in [1.165, 1.54) is 193 Å². The first-order valence-corrected chi connectivity index (χ1v) is 36.0. The summed E-state index contributed by atoms with van der Waals surface area (Å²) < 4.78 is 39.8. The van der Waals surface area contributed by atoms with Crippen molar-refractivity contribution in [2.45, 2.75) is 354 Å². The fourth-order valence-electron chi connectivity index (χ4n) is 10.0. The lowest BCUT2D eigenvalue weighted by Crippen LogP contribution is -2.30. The van der Waals surface area contributed by atoms with E-state index in [1.54, 1.807) is 0 Å². The molecule has 480 valence electrons. The molecular weight excluding hydrogens is 1050 g/mol. The molecule has 12 heteroatoms. The van der Waals surface area contributed by atoms with Crippen molar-refractivity contribution in [1.82, 2.24) is 0 Å². The maximum absolute atomic E-state index is 13.0. The van der Waals surface area contributed by atoms with Gasteiger partial charge in [0.25, 0.3) is 0 Å². The predicted octanol–water partition coefficient (Wildman–Crippen LogP) is 21.3. The molecule has 0 bridgehead atoms. The van der Waals surface area contributed by atoms with Crippen molar-refractivity contribution in [3.8, 4) is 0 Å². The number of hydrogen-bond donors (Lipinski definition) is 2. The number of allylic oxidation sites excluding steroid dienone is 8. The first-order valence-electron chi connectivity index (χ1n) is 34.5. The average Bonchev–Trinajstić information content (AvgIpc) is 3.49. The minimum atomic E-state index is -4.76. The summed E-state index contributed by atoms with van der Waals surface area (Å²) in [6.07, 6.45) is 72.0. The zero-order valence-corrected chi connectivity index (χ0v) is 54.4. The Bertz CT molecular complexity index is 1560. The molecule has 0 aromatic heterocycles. The smallest absolute Gasteiger partial charge is 0.462 e. The number of esters is 3. The monoisotopic (exact) mass is 1180 g/mol. The van der Waals surface area contributed by atoms with Gasteiger partial charge in [-0.25, -0.2) is 4.57 Å². The van der Waals surface area contributed by atoms with Crippen molar-refractivity contribution in [2.24, 2.45) is 0 Å². The summed E-state index contributed by atoms with van der Waals surface area (Å²) in [6, 6.07) is 0. The number of phosphoric acid groups is 1. The lowest BCUT2D eigenvalue weighted by Gasteiger charge is -2.21. The van der Waals surface area contributed by atoms with Gasteiger partial charge in [0.1, 0.15) is 12.7 Å². The Morgan fingerprint density at radius 3 is 0.988 bits per heavy atom. The third-order valence-electron chi connectivity index (χ3n) is 15.2. The highest BCUT2D eigenvalue weighted by Crippen LogP contribution is 2.43. The van der Waals surface area contributed by atoms with E-state index in [2.05, 4.69) is 69.4 Å². The molecule has 0 fully saturated rings. The zero-order valence-electron chi connectivity index (χ0n) is 53.5. The van der Waals surface area contributed by atoms with E-state index in [0.29, 0.717) is 19.3 Å². The van der Waals surface area contributed by atoms with Crippen molar-refractivity contribution < 1.29 is 52.2 Å². The van der Waals surface area contributed by atoms with E-state index >= 15 is 0 Å². The second kappa shape index (κ2) is 64.4. The number of unbranched alkanes of at least 4 members (excludes halogenated alkanes) is 40. The zero-order chi connectivity index (χ0) is 59.8. The third-order valence-corrected chi connectivity index (χ3v) is 16.2. The lowest BCUT2D eigenvalue weighted by atomic mass is 10.0. The van der Waals surface area contributed by atoms with E-state index in [9.17, 15) is 28.9 Å². The highest BCUT2D eigenvalue weighted by molar-refractivity contribution is 7.47. The van der Waals surface area contributed by atoms with Crippen LogP contribution in [0.1, 0.15) is 342 Å². The minimum Gasteiger partial charge on any atom is -0.462 e. The van der Waals surface area contributed by atoms with Crippen molar-refractivity contribution in [3.63, 3.8) is 0 Å². The third kappa shape index (κ3) is 62.0. The Kier molecular flexibility index (Phi) is 62.4. The molecule has 0 aromatic rings. The van der Waals surface area contributed by atoms with Crippen molar-refractivity contribution in [2.75, 3.05) is 26.4 Å². The lowest BCUT2D eigenvalue weighted by molar-refractivity contribution is -0.161. The van der Waals surface area contributed by atoms with Gasteiger partial charge < -0.3 is 24.2 Å². The molecule has 3 unspecified atom stereocenters. The number of rotatable bonds is 65. The van der Waals surface area contributed by atoms with Crippen LogP contribution in [0.15, 0.2) is 48.6 Å². The van der Waals surface area contributed by atoms with Crippen LogP contribution in [0.25, 0.3) is 0 Å². The van der Waals surface area contributed by atoms with Crippen LogP contribution in [0.4, 0.5) is 0 Å². The molecule has 0 aliphatic carbocycles. The van der Waals surface area contributed by atoms with Gasteiger partial charge in [-0.05, 0) is 77.0 Å². The van der Waals surface area contributed by atoms with Crippen LogP contribution in [-0.4, -0.2) is 66.5 Å². The van der Waals surface area contributed by atoms with Crippen LogP contribution in [0, 0.1) is 0 Å². The summed E-state index contributed by atoms with van der Waals surface area (Å²) in [4.78, 5) is 48.9. The molecule has 0 spiro atoms. The minimum absolute atomic E-state index is 0.168. The van der Waals surface area contributed by atoms with Gasteiger partial charge in [0, 0.05) is 19.3 Å². The van der Waals surface area contributed by atoms with Crippen molar-refractivity contribution in [3.05, 3.63) is 48.6 Å². The van der Waals surface area contributed by atoms with Crippen LogP contribution < -0.4 is 0 Å². The Morgan fingerprint density at radius 1 is 0.354 bits per heavy atom. The summed E-state index contributed by atoms with van der Waals surface area (Å²) in [5.74, 6) is -1.45. The van der Waals surface area contributed by atoms with Crippen LogP contribution in [-0.2, 0) is 42.2 Å². The number of aliphatic hydroxyl groups excluding tert-OH is 1. The molecule has 0 heterocycles. The van der Waals surface area contributed by atoms with Gasteiger partial charge in [0.05, 0.1) is 19.8 Å².